The number of nitrogens with zero attached hydrogens (tertiary/aromatic N) is 3. The molecule has 0 saturated carbocycles. The lowest BCUT2D eigenvalue weighted by atomic mass is 10.2. The standard InChI is InChI=1S/C17H27F2N5/c1-20-17(21-9-5-10-23(2)3)22-13-8-11-24(12-13)16-14(18)6-4-7-15(16)19/h4,6-7,13H,5,8-12H2,1-3H3,(H2,20,21,22). The van der Waals surface area contributed by atoms with E-state index in [4.69, 9.17) is 0 Å². The third-order valence-corrected chi connectivity index (χ3v) is 4.08. The molecule has 1 aromatic rings. The summed E-state index contributed by atoms with van der Waals surface area (Å²) in [5.41, 5.74) is 0.0655. The number of hydrogen-bond acceptors (Lipinski definition) is 3. The van der Waals surface area contributed by atoms with Crippen LogP contribution in [0.25, 0.3) is 0 Å². The second-order valence-electron chi connectivity index (χ2n) is 6.30. The molecule has 2 rings (SSSR count). The zero-order valence-electron chi connectivity index (χ0n) is 14.6. The van der Waals surface area contributed by atoms with E-state index in [0.29, 0.717) is 13.1 Å². The van der Waals surface area contributed by atoms with E-state index in [1.165, 1.54) is 18.2 Å². The lowest BCUT2D eigenvalue weighted by molar-refractivity contribution is 0.399. The van der Waals surface area contributed by atoms with Crippen LogP contribution in [0.4, 0.5) is 14.5 Å². The molecule has 1 aliphatic heterocycles. The van der Waals surface area contributed by atoms with Crippen molar-refractivity contribution in [2.45, 2.75) is 18.9 Å². The zero-order valence-corrected chi connectivity index (χ0v) is 14.6. The van der Waals surface area contributed by atoms with Gasteiger partial charge in [0.2, 0.25) is 0 Å². The number of anilines is 1. The Morgan fingerprint density at radius 3 is 2.67 bits per heavy atom. The van der Waals surface area contributed by atoms with Crippen LogP contribution in [0.5, 0.6) is 0 Å². The second kappa shape index (κ2) is 8.82. The molecule has 1 fully saturated rings. The van der Waals surface area contributed by atoms with Crippen molar-refractivity contribution in [3.63, 3.8) is 0 Å². The normalized spacial score (nSPS) is 18.3. The highest BCUT2D eigenvalue weighted by Gasteiger charge is 2.27. The van der Waals surface area contributed by atoms with Crippen molar-refractivity contribution in [1.82, 2.24) is 15.5 Å². The lowest BCUT2D eigenvalue weighted by Gasteiger charge is -2.21. The van der Waals surface area contributed by atoms with E-state index in [0.717, 1.165) is 31.9 Å². The molecule has 0 spiro atoms. The Balaban J connectivity index is 1.84. The minimum Gasteiger partial charge on any atom is -0.365 e. The number of para-hydroxylation sites is 1. The van der Waals surface area contributed by atoms with E-state index in [1.54, 1.807) is 11.9 Å². The van der Waals surface area contributed by atoms with Gasteiger partial charge in [-0.1, -0.05) is 6.07 Å². The maximum atomic E-state index is 13.9. The summed E-state index contributed by atoms with van der Waals surface area (Å²) < 4.78 is 27.8. The summed E-state index contributed by atoms with van der Waals surface area (Å²) in [5.74, 6) is -0.293. The molecule has 0 amide bonds. The van der Waals surface area contributed by atoms with Crippen LogP contribution in [-0.2, 0) is 0 Å². The summed E-state index contributed by atoms with van der Waals surface area (Å²) in [5, 5.41) is 6.61. The quantitative estimate of drug-likeness (QED) is 0.470. The third kappa shape index (κ3) is 5.06. The van der Waals surface area contributed by atoms with Gasteiger partial charge in [0.15, 0.2) is 5.96 Å². The first-order valence-corrected chi connectivity index (χ1v) is 8.32. The van der Waals surface area contributed by atoms with Crippen molar-refractivity contribution in [1.29, 1.82) is 0 Å². The summed E-state index contributed by atoms with van der Waals surface area (Å²) in [7, 11) is 5.81. The summed E-state index contributed by atoms with van der Waals surface area (Å²) in [6, 6.07) is 4.10. The lowest BCUT2D eigenvalue weighted by Crippen LogP contribution is -2.45. The van der Waals surface area contributed by atoms with Crippen LogP contribution in [0.15, 0.2) is 23.2 Å². The van der Waals surface area contributed by atoms with Crippen molar-refractivity contribution in [2.24, 2.45) is 4.99 Å². The Kier molecular flexibility index (Phi) is 6.78. The minimum absolute atomic E-state index is 0.0655. The Morgan fingerprint density at radius 2 is 2.04 bits per heavy atom. The van der Waals surface area contributed by atoms with Gasteiger partial charge in [-0.25, -0.2) is 8.78 Å². The Hall–Kier alpha value is -1.89. The summed E-state index contributed by atoms with van der Waals surface area (Å²) >= 11 is 0. The summed E-state index contributed by atoms with van der Waals surface area (Å²) in [4.78, 5) is 8.10. The first-order valence-electron chi connectivity index (χ1n) is 8.32. The fourth-order valence-corrected chi connectivity index (χ4v) is 2.86. The van der Waals surface area contributed by atoms with Crippen molar-refractivity contribution in [3.8, 4) is 0 Å². The van der Waals surface area contributed by atoms with Crippen LogP contribution in [0.1, 0.15) is 12.8 Å². The Bertz CT molecular complexity index is 542. The predicted octanol–water partition coefficient (Wildman–Crippen LogP) is 1.66. The number of benzene rings is 1. The predicted molar refractivity (Wildman–Crippen MR) is 94.6 cm³/mol. The molecule has 1 unspecified atom stereocenters. The Labute approximate surface area is 142 Å². The molecule has 7 heteroatoms. The maximum absolute atomic E-state index is 13.9. The Morgan fingerprint density at radius 1 is 1.33 bits per heavy atom. The molecule has 134 valence electrons. The number of guanidine groups is 1. The van der Waals surface area contributed by atoms with Crippen molar-refractivity contribution < 1.29 is 8.78 Å². The maximum Gasteiger partial charge on any atom is 0.191 e. The molecule has 5 nitrogen and oxygen atoms in total. The molecule has 1 aliphatic rings. The fourth-order valence-electron chi connectivity index (χ4n) is 2.86. The average molecular weight is 339 g/mol. The van der Waals surface area contributed by atoms with Crippen LogP contribution in [0.2, 0.25) is 0 Å². The molecule has 2 N–H and O–H groups in total. The molecule has 0 aliphatic carbocycles. The topological polar surface area (TPSA) is 42.9 Å². The van der Waals surface area contributed by atoms with E-state index >= 15 is 0 Å². The molecule has 0 aromatic heterocycles. The highest BCUT2D eigenvalue weighted by molar-refractivity contribution is 5.80. The molecule has 1 saturated heterocycles. The number of hydrogen-bond donors (Lipinski definition) is 2. The molecular formula is C17H27F2N5. The van der Waals surface area contributed by atoms with Crippen LogP contribution in [-0.4, -0.2) is 64.2 Å². The fraction of sp³-hybridized carbons (Fsp3) is 0.588. The van der Waals surface area contributed by atoms with Crippen LogP contribution >= 0.6 is 0 Å². The van der Waals surface area contributed by atoms with E-state index in [1.807, 2.05) is 14.1 Å². The molecule has 0 radical (unpaired) electrons. The van der Waals surface area contributed by atoms with Gasteiger partial charge in [0.05, 0.1) is 0 Å². The molecule has 1 atom stereocenters. The van der Waals surface area contributed by atoms with Crippen LogP contribution in [0, 0.1) is 11.6 Å². The minimum atomic E-state index is -0.512. The molecule has 1 aromatic carbocycles. The molecule has 0 bridgehead atoms. The zero-order chi connectivity index (χ0) is 17.5. The van der Waals surface area contributed by atoms with Gasteiger partial charge in [-0.05, 0) is 45.6 Å². The van der Waals surface area contributed by atoms with E-state index in [-0.39, 0.29) is 11.7 Å². The van der Waals surface area contributed by atoms with Gasteiger partial charge in [0.25, 0.3) is 0 Å². The molecular weight excluding hydrogens is 312 g/mol. The summed E-state index contributed by atoms with van der Waals surface area (Å²) in [6.07, 6.45) is 1.83. The van der Waals surface area contributed by atoms with Crippen LogP contribution in [0.3, 0.4) is 0 Å². The number of rotatable bonds is 6. The SMILES string of the molecule is CN=C(NCCCN(C)C)NC1CCN(c2c(F)cccc2F)C1. The highest BCUT2D eigenvalue weighted by Crippen LogP contribution is 2.26. The van der Waals surface area contributed by atoms with Gasteiger partial charge in [-0.3, -0.25) is 4.99 Å². The van der Waals surface area contributed by atoms with Crippen molar-refractivity contribution in [2.75, 3.05) is 52.2 Å². The van der Waals surface area contributed by atoms with E-state index in [9.17, 15) is 8.78 Å². The largest absolute Gasteiger partial charge is 0.365 e. The van der Waals surface area contributed by atoms with Crippen molar-refractivity contribution >= 4 is 11.6 Å². The first kappa shape index (κ1) is 18.4. The summed E-state index contributed by atoms with van der Waals surface area (Å²) in [6.45, 7) is 3.01. The van der Waals surface area contributed by atoms with Gasteiger partial charge in [0, 0.05) is 32.7 Å². The second-order valence-corrected chi connectivity index (χ2v) is 6.30. The van der Waals surface area contributed by atoms with Gasteiger partial charge < -0.3 is 20.4 Å². The smallest absolute Gasteiger partial charge is 0.191 e. The van der Waals surface area contributed by atoms with Crippen molar-refractivity contribution in [3.05, 3.63) is 29.8 Å². The first-order chi connectivity index (χ1) is 11.5. The van der Waals surface area contributed by atoms with Gasteiger partial charge in [-0.15, -0.1) is 0 Å². The van der Waals surface area contributed by atoms with Gasteiger partial charge >= 0.3 is 0 Å². The number of aliphatic imine (C=N–C) groups is 1. The molecule has 1 heterocycles. The highest BCUT2D eigenvalue weighted by atomic mass is 19.1. The monoisotopic (exact) mass is 339 g/mol. The number of nitrogens with one attached hydrogen (secondary N) is 2. The number of halogens is 2. The van der Waals surface area contributed by atoms with Gasteiger partial charge in [-0.2, -0.15) is 0 Å². The molecule has 24 heavy (non-hydrogen) atoms. The van der Waals surface area contributed by atoms with E-state index in [2.05, 4.69) is 20.5 Å². The van der Waals surface area contributed by atoms with Gasteiger partial charge in [0.1, 0.15) is 17.3 Å². The van der Waals surface area contributed by atoms with Crippen LogP contribution < -0.4 is 15.5 Å². The third-order valence-electron chi connectivity index (χ3n) is 4.08. The average Bonchev–Trinajstić information content (AvgIpc) is 2.98. The van der Waals surface area contributed by atoms with E-state index < -0.39 is 11.6 Å².